The van der Waals surface area contributed by atoms with Gasteiger partial charge in [-0.1, -0.05) is 35.5 Å². The van der Waals surface area contributed by atoms with Gasteiger partial charge in [-0.05, 0) is 12.1 Å². The van der Waals surface area contributed by atoms with Crippen LogP contribution in [0.3, 0.4) is 0 Å². The molecule has 0 spiro atoms. The molecule has 2 rings (SSSR count). The van der Waals surface area contributed by atoms with Crippen molar-refractivity contribution in [2.24, 2.45) is 0 Å². The average Bonchev–Trinajstić information content (AvgIpc) is 2.48. The van der Waals surface area contributed by atoms with E-state index in [4.69, 9.17) is 17.0 Å². The third kappa shape index (κ3) is 1.51. The summed E-state index contributed by atoms with van der Waals surface area (Å²) in [5.74, 6) is 0.234. The Kier molecular flexibility index (Phi) is 2.48. The second-order valence-corrected chi connectivity index (χ2v) is 4.15. The van der Waals surface area contributed by atoms with Crippen molar-refractivity contribution in [3.8, 4) is 0 Å². The van der Waals surface area contributed by atoms with E-state index < -0.39 is 0 Å². The summed E-state index contributed by atoms with van der Waals surface area (Å²) >= 11 is 7.15. The number of hydrogen-bond donors (Lipinski definition) is 1. The molecule has 1 heterocycles. The van der Waals surface area contributed by atoms with Crippen molar-refractivity contribution in [3.63, 3.8) is 0 Å². The van der Waals surface area contributed by atoms with Crippen LogP contribution in [-0.4, -0.2) is 16.8 Å². The van der Waals surface area contributed by atoms with E-state index in [1.807, 2.05) is 0 Å². The topological polar surface area (TPSA) is 44.2 Å². The van der Waals surface area contributed by atoms with E-state index >= 15 is 0 Å². The zero-order valence-electron chi connectivity index (χ0n) is 7.16. The minimum Gasteiger partial charge on any atom is -0.278 e. The smallest absolute Gasteiger partial charge is 0.243 e. The van der Waals surface area contributed by atoms with Crippen LogP contribution < -0.4 is 4.90 Å². The number of amides is 1. The van der Waals surface area contributed by atoms with Crippen LogP contribution in [0.25, 0.3) is 0 Å². The normalized spacial score (nSPS) is 16.5. The Morgan fingerprint density at radius 2 is 2.14 bits per heavy atom. The number of halogens is 1. The number of nitrogens with zero attached hydrogens (tertiary/aromatic N) is 1. The highest BCUT2D eigenvalue weighted by atomic mass is 35.5. The Bertz CT molecular complexity index is 392. The molecule has 72 valence electrons. The molecule has 1 N–H and O–H groups in total. The Balaban J connectivity index is 2.44. The Labute approximate surface area is 90.6 Å². The van der Waals surface area contributed by atoms with Gasteiger partial charge in [0.15, 0.2) is 5.17 Å². The van der Waals surface area contributed by atoms with Crippen LogP contribution in [0.2, 0.25) is 5.02 Å². The summed E-state index contributed by atoms with van der Waals surface area (Å²) in [6, 6.07) is 7.04. The van der Waals surface area contributed by atoms with Crippen molar-refractivity contribution in [2.45, 2.75) is 0 Å². The molecule has 1 aromatic rings. The van der Waals surface area contributed by atoms with Gasteiger partial charge < -0.3 is 0 Å². The molecule has 0 unspecified atom stereocenters. The van der Waals surface area contributed by atoms with Gasteiger partial charge in [0.1, 0.15) is 0 Å². The highest BCUT2D eigenvalue weighted by Gasteiger charge is 2.29. The Morgan fingerprint density at radius 3 is 2.71 bits per heavy atom. The molecule has 0 atom stereocenters. The quantitative estimate of drug-likeness (QED) is 0.799. The summed E-state index contributed by atoms with van der Waals surface area (Å²) in [5, 5.41) is 8.31. The predicted octanol–water partition coefficient (Wildman–Crippen LogP) is 2.35. The lowest BCUT2D eigenvalue weighted by Crippen LogP contribution is -2.28. The maximum atomic E-state index is 11.4. The van der Waals surface area contributed by atoms with Crippen LogP contribution in [0.4, 0.5) is 5.69 Å². The first kappa shape index (κ1) is 9.55. The van der Waals surface area contributed by atoms with Gasteiger partial charge in [-0.3, -0.25) is 15.1 Å². The van der Waals surface area contributed by atoms with E-state index in [2.05, 4.69) is 0 Å². The molecule has 3 nitrogen and oxygen atoms in total. The number of para-hydroxylation sites is 1. The summed E-state index contributed by atoms with van der Waals surface area (Å²) in [6.07, 6.45) is 0. The third-order valence-corrected chi connectivity index (χ3v) is 3.05. The summed E-state index contributed by atoms with van der Waals surface area (Å²) in [7, 11) is 0. The van der Waals surface area contributed by atoms with E-state index in [0.29, 0.717) is 16.5 Å². The van der Waals surface area contributed by atoms with Crippen molar-refractivity contribution in [1.82, 2.24) is 0 Å². The first-order valence-electron chi connectivity index (χ1n) is 3.99. The number of hydrogen-bond acceptors (Lipinski definition) is 3. The fraction of sp³-hybridized carbons (Fsp3) is 0.111. The van der Waals surface area contributed by atoms with Crippen molar-refractivity contribution in [1.29, 1.82) is 5.41 Å². The highest BCUT2D eigenvalue weighted by Crippen LogP contribution is 2.31. The Hall–Kier alpha value is -1.00. The molecule has 1 amide bonds. The lowest BCUT2D eigenvalue weighted by atomic mass is 10.3. The molecule has 5 heteroatoms. The standard InChI is InChI=1S/C9H7ClN2OS/c10-6-3-1-2-4-7(6)12-8(13)5-14-9(12)11/h1-4,11H,5H2. The molecule has 0 aliphatic carbocycles. The summed E-state index contributed by atoms with van der Waals surface area (Å²) in [5.41, 5.74) is 0.592. The highest BCUT2D eigenvalue weighted by molar-refractivity contribution is 8.15. The van der Waals surface area contributed by atoms with Gasteiger partial charge in [0, 0.05) is 0 Å². The molecule has 14 heavy (non-hydrogen) atoms. The molecular weight excluding hydrogens is 220 g/mol. The second kappa shape index (κ2) is 3.63. The van der Waals surface area contributed by atoms with E-state index in [1.165, 1.54) is 16.7 Å². The average molecular weight is 227 g/mol. The lowest BCUT2D eigenvalue weighted by Gasteiger charge is -2.15. The van der Waals surface area contributed by atoms with Gasteiger partial charge in [-0.15, -0.1) is 0 Å². The molecule has 1 aliphatic heterocycles. The zero-order valence-corrected chi connectivity index (χ0v) is 8.73. The molecular formula is C9H7ClN2OS. The van der Waals surface area contributed by atoms with Crippen molar-refractivity contribution < 1.29 is 4.79 Å². The first-order valence-corrected chi connectivity index (χ1v) is 5.35. The van der Waals surface area contributed by atoms with Gasteiger partial charge in [0.05, 0.1) is 16.5 Å². The Morgan fingerprint density at radius 1 is 1.43 bits per heavy atom. The number of amidine groups is 1. The van der Waals surface area contributed by atoms with E-state index in [0.717, 1.165) is 0 Å². The van der Waals surface area contributed by atoms with E-state index in [-0.39, 0.29) is 11.1 Å². The van der Waals surface area contributed by atoms with Crippen LogP contribution in [0, 0.1) is 5.41 Å². The van der Waals surface area contributed by atoms with Gasteiger partial charge in [0.2, 0.25) is 5.91 Å². The van der Waals surface area contributed by atoms with Crippen LogP contribution in [0.5, 0.6) is 0 Å². The van der Waals surface area contributed by atoms with Gasteiger partial charge >= 0.3 is 0 Å². The molecule has 0 bridgehead atoms. The molecule has 0 aromatic heterocycles. The number of rotatable bonds is 1. The monoisotopic (exact) mass is 226 g/mol. The van der Waals surface area contributed by atoms with Crippen LogP contribution >= 0.6 is 23.4 Å². The van der Waals surface area contributed by atoms with Crippen LogP contribution in [-0.2, 0) is 4.79 Å². The molecule has 1 saturated heterocycles. The van der Waals surface area contributed by atoms with Gasteiger partial charge in [-0.25, -0.2) is 0 Å². The van der Waals surface area contributed by atoms with Gasteiger partial charge in [0.25, 0.3) is 0 Å². The lowest BCUT2D eigenvalue weighted by molar-refractivity contribution is -0.115. The fourth-order valence-electron chi connectivity index (χ4n) is 1.25. The summed E-state index contributed by atoms with van der Waals surface area (Å²) in [4.78, 5) is 12.8. The molecule has 1 aromatic carbocycles. The number of thioether (sulfide) groups is 1. The SMILES string of the molecule is N=C1SCC(=O)N1c1ccccc1Cl. The third-order valence-electron chi connectivity index (χ3n) is 1.88. The molecule has 1 fully saturated rings. The first-order chi connectivity index (χ1) is 6.70. The summed E-state index contributed by atoms with van der Waals surface area (Å²) < 4.78 is 0. The maximum absolute atomic E-state index is 11.4. The summed E-state index contributed by atoms with van der Waals surface area (Å²) in [6.45, 7) is 0. The predicted molar refractivity (Wildman–Crippen MR) is 59.1 cm³/mol. The fourth-order valence-corrected chi connectivity index (χ4v) is 2.19. The largest absolute Gasteiger partial charge is 0.278 e. The minimum atomic E-state index is -0.0897. The van der Waals surface area contributed by atoms with Crippen LogP contribution in [0.1, 0.15) is 0 Å². The van der Waals surface area contributed by atoms with Crippen LogP contribution in [0.15, 0.2) is 24.3 Å². The number of nitrogens with one attached hydrogen (secondary N) is 1. The number of benzene rings is 1. The van der Waals surface area contributed by atoms with Crippen molar-refractivity contribution >= 4 is 40.1 Å². The van der Waals surface area contributed by atoms with E-state index in [1.54, 1.807) is 24.3 Å². The maximum Gasteiger partial charge on any atom is 0.243 e. The molecule has 0 radical (unpaired) electrons. The zero-order chi connectivity index (χ0) is 10.1. The van der Waals surface area contributed by atoms with Gasteiger partial charge in [-0.2, -0.15) is 0 Å². The molecule has 1 aliphatic rings. The van der Waals surface area contributed by atoms with Crippen molar-refractivity contribution in [3.05, 3.63) is 29.3 Å². The minimum absolute atomic E-state index is 0.0897. The van der Waals surface area contributed by atoms with Crippen molar-refractivity contribution in [2.75, 3.05) is 10.7 Å². The number of carbonyl (C=O) groups is 1. The van der Waals surface area contributed by atoms with E-state index in [9.17, 15) is 4.79 Å². The number of carbonyl (C=O) groups excluding carboxylic acids is 1. The second-order valence-electron chi connectivity index (χ2n) is 2.77. The molecule has 0 saturated carbocycles. The number of anilines is 1.